The van der Waals surface area contributed by atoms with E-state index in [-0.39, 0.29) is 0 Å². The van der Waals surface area contributed by atoms with Gasteiger partial charge in [-0.1, -0.05) is 23.2 Å². The summed E-state index contributed by atoms with van der Waals surface area (Å²) >= 11 is 12.3. The Balaban J connectivity index is 1.62. The third-order valence-electron chi connectivity index (χ3n) is 4.00. The second-order valence-corrected chi connectivity index (χ2v) is 6.41. The molecule has 4 nitrogen and oxygen atoms in total. The predicted molar refractivity (Wildman–Crippen MR) is 99.8 cm³/mol. The average molecular weight is 367 g/mol. The summed E-state index contributed by atoms with van der Waals surface area (Å²) in [6, 6.07) is 12.1. The van der Waals surface area contributed by atoms with E-state index in [1.165, 1.54) is 5.69 Å². The van der Waals surface area contributed by atoms with Crippen LogP contribution < -0.4 is 15.0 Å². The molecular weight excluding hydrogens is 347 g/mol. The predicted octanol–water partition coefficient (Wildman–Crippen LogP) is 4.45. The minimum absolute atomic E-state index is 0.511. The average Bonchev–Trinajstić information content (AvgIpc) is 2.61. The standard InChI is InChI=1S/C18H20Cl2N2O2/c1-23-18-16(19)10-13(11-17(18)20)12-21-14-2-4-15(5-3-14)22-6-8-24-9-7-22/h2-5,10-11,21H,6-9,12H2,1H3. The second-order valence-electron chi connectivity index (χ2n) is 5.59. The maximum Gasteiger partial charge on any atom is 0.156 e. The molecular formula is C18H20Cl2N2O2. The van der Waals surface area contributed by atoms with Crippen LogP contribution >= 0.6 is 23.2 Å². The van der Waals surface area contributed by atoms with Gasteiger partial charge in [0.1, 0.15) is 0 Å². The van der Waals surface area contributed by atoms with Crippen molar-refractivity contribution in [3.8, 4) is 5.75 Å². The van der Waals surface area contributed by atoms with Gasteiger partial charge in [0.05, 0.1) is 30.4 Å². The smallest absolute Gasteiger partial charge is 0.156 e. The zero-order chi connectivity index (χ0) is 16.9. The number of morpholine rings is 1. The second kappa shape index (κ2) is 7.97. The first-order chi connectivity index (χ1) is 11.7. The van der Waals surface area contributed by atoms with Gasteiger partial charge in [0.25, 0.3) is 0 Å². The summed E-state index contributed by atoms with van der Waals surface area (Å²) in [5.41, 5.74) is 3.28. The largest absolute Gasteiger partial charge is 0.494 e. The fourth-order valence-electron chi connectivity index (χ4n) is 2.73. The molecule has 0 aliphatic carbocycles. The number of methoxy groups -OCH3 is 1. The lowest BCUT2D eigenvalue weighted by Crippen LogP contribution is -2.36. The van der Waals surface area contributed by atoms with Crippen LogP contribution in [0.2, 0.25) is 10.0 Å². The van der Waals surface area contributed by atoms with Gasteiger partial charge in [-0.15, -0.1) is 0 Å². The molecule has 24 heavy (non-hydrogen) atoms. The molecule has 0 atom stereocenters. The van der Waals surface area contributed by atoms with Crippen LogP contribution in [0.4, 0.5) is 11.4 Å². The van der Waals surface area contributed by atoms with E-state index in [9.17, 15) is 0 Å². The molecule has 1 fully saturated rings. The maximum absolute atomic E-state index is 6.17. The van der Waals surface area contributed by atoms with Crippen LogP contribution in [0, 0.1) is 0 Å². The minimum atomic E-state index is 0.511. The van der Waals surface area contributed by atoms with Crippen LogP contribution in [0.25, 0.3) is 0 Å². The number of nitrogens with one attached hydrogen (secondary N) is 1. The molecule has 1 N–H and O–H groups in total. The van der Waals surface area contributed by atoms with E-state index < -0.39 is 0 Å². The molecule has 0 spiro atoms. The number of benzene rings is 2. The van der Waals surface area contributed by atoms with Crippen molar-refractivity contribution in [2.24, 2.45) is 0 Å². The molecule has 0 radical (unpaired) electrons. The van der Waals surface area contributed by atoms with Gasteiger partial charge < -0.3 is 19.7 Å². The highest BCUT2D eigenvalue weighted by atomic mass is 35.5. The van der Waals surface area contributed by atoms with Crippen LogP contribution in [-0.4, -0.2) is 33.4 Å². The van der Waals surface area contributed by atoms with Gasteiger partial charge in [-0.2, -0.15) is 0 Å². The van der Waals surface area contributed by atoms with E-state index in [2.05, 4.69) is 34.5 Å². The van der Waals surface area contributed by atoms with Gasteiger partial charge in [-0.25, -0.2) is 0 Å². The van der Waals surface area contributed by atoms with E-state index >= 15 is 0 Å². The van der Waals surface area contributed by atoms with Crippen LogP contribution in [0.5, 0.6) is 5.75 Å². The number of halogens is 2. The summed E-state index contributed by atoms with van der Waals surface area (Å²) in [6.07, 6.45) is 0. The lowest BCUT2D eigenvalue weighted by atomic mass is 10.2. The number of hydrogen-bond acceptors (Lipinski definition) is 4. The highest BCUT2D eigenvalue weighted by molar-refractivity contribution is 6.37. The lowest BCUT2D eigenvalue weighted by molar-refractivity contribution is 0.122. The molecule has 0 amide bonds. The highest BCUT2D eigenvalue weighted by Crippen LogP contribution is 2.34. The van der Waals surface area contributed by atoms with Crippen molar-refractivity contribution in [2.75, 3.05) is 43.6 Å². The van der Waals surface area contributed by atoms with Crippen molar-refractivity contribution in [2.45, 2.75) is 6.54 Å². The molecule has 3 rings (SSSR count). The summed E-state index contributed by atoms with van der Waals surface area (Å²) in [5.74, 6) is 0.511. The molecule has 1 saturated heterocycles. The van der Waals surface area contributed by atoms with Gasteiger partial charge >= 0.3 is 0 Å². The van der Waals surface area contributed by atoms with Crippen molar-refractivity contribution in [1.82, 2.24) is 0 Å². The van der Waals surface area contributed by atoms with Crippen molar-refractivity contribution in [1.29, 1.82) is 0 Å². The van der Waals surface area contributed by atoms with Gasteiger partial charge in [0.15, 0.2) is 5.75 Å². The van der Waals surface area contributed by atoms with Crippen molar-refractivity contribution in [3.05, 3.63) is 52.0 Å². The van der Waals surface area contributed by atoms with Crippen molar-refractivity contribution >= 4 is 34.6 Å². The third-order valence-corrected chi connectivity index (χ3v) is 4.56. The van der Waals surface area contributed by atoms with E-state index in [0.717, 1.165) is 37.6 Å². The molecule has 0 aromatic heterocycles. The Bertz CT molecular complexity index is 663. The lowest BCUT2D eigenvalue weighted by Gasteiger charge is -2.29. The molecule has 6 heteroatoms. The molecule has 2 aromatic carbocycles. The fourth-order valence-corrected chi connectivity index (χ4v) is 3.41. The topological polar surface area (TPSA) is 33.7 Å². The van der Waals surface area contributed by atoms with Crippen LogP contribution in [0.3, 0.4) is 0 Å². The molecule has 0 bridgehead atoms. The van der Waals surface area contributed by atoms with E-state index in [0.29, 0.717) is 22.3 Å². The van der Waals surface area contributed by atoms with Gasteiger partial charge in [-0.3, -0.25) is 0 Å². The summed E-state index contributed by atoms with van der Waals surface area (Å²) in [6.45, 7) is 4.10. The Kier molecular flexibility index (Phi) is 5.72. The number of hydrogen-bond donors (Lipinski definition) is 1. The summed E-state index contributed by atoms with van der Waals surface area (Å²) in [5, 5.41) is 4.42. The van der Waals surface area contributed by atoms with E-state index in [1.807, 2.05) is 12.1 Å². The van der Waals surface area contributed by atoms with E-state index in [1.54, 1.807) is 7.11 Å². The van der Waals surface area contributed by atoms with Gasteiger partial charge in [-0.05, 0) is 42.0 Å². The first kappa shape index (κ1) is 17.2. The number of ether oxygens (including phenoxy) is 2. The summed E-state index contributed by atoms with van der Waals surface area (Å²) in [7, 11) is 1.56. The third kappa shape index (κ3) is 4.07. The van der Waals surface area contributed by atoms with Crippen LogP contribution in [0.1, 0.15) is 5.56 Å². The molecule has 1 aliphatic rings. The van der Waals surface area contributed by atoms with Gasteiger partial charge in [0, 0.05) is 31.0 Å². The zero-order valence-electron chi connectivity index (χ0n) is 13.5. The quantitative estimate of drug-likeness (QED) is 0.847. The molecule has 1 aliphatic heterocycles. The number of rotatable bonds is 5. The molecule has 0 unspecified atom stereocenters. The van der Waals surface area contributed by atoms with Crippen LogP contribution in [-0.2, 0) is 11.3 Å². The van der Waals surface area contributed by atoms with Crippen LogP contribution in [0.15, 0.2) is 36.4 Å². The van der Waals surface area contributed by atoms with Gasteiger partial charge in [0.2, 0.25) is 0 Å². The molecule has 2 aromatic rings. The zero-order valence-corrected chi connectivity index (χ0v) is 15.0. The molecule has 128 valence electrons. The Morgan fingerprint density at radius 3 is 2.29 bits per heavy atom. The highest BCUT2D eigenvalue weighted by Gasteiger charge is 2.11. The summed E-state index contributed by atoms with van der Waals surface area (Å²) < 4.78 is 10.6. The first-order valence-electron chi connectivity index (χ1n) is 7.86. The fraction of sp³-hybridized carbons (Fsp3) is 0.333. The number of nitrogens with zero attached hydrogens (tertiary/aromatic N) is 1. The normalized spacial score (nSPS) is 14.5. The maximum atomic E-state index is 6.17. The minimum Gasteiger partial charge on any atom is -0.494 e. The summed E-state index contributed by atoms with van der Waals surface area (Å²) in [4.78, 5) is 2.33. The SMILES string of the molecule is COc1c(Cl)cc(CNc2ccc(N3CCOCC3)cc2)cc1Cl. The molecule has 0 saturated carbocycles. The van der Waals surface area contributed by atoms with Crippen molar-refractivity contribution < 1.29 is 9.47 Å². The Labute approximate surface area is 152 Å². The Hall–Kier alpha value is -1.62. The monoisotopic (exact) mass is 366 g/mol. The Morgan fingerprint density at radius 1 is 1.08 bits per heavy atom. The Morgan fingerprint density at radius 2 is 1.71 bits per heavy atom. The van der Waals surface area contributed by atoms with Crippen molar-refractivity contribution in [3.63, 3.8) is 0 Å². The van der Waals surface area contributed by atoms with E-state index in [4.69, 9.17) is 32.7 Å². The molecule has 1 heterocycles. The number of anilines is 2. The first-order valence-corrected chi connectivity index (χ1v) is 8.61.